The molecule has 0 atom stereocenters. The molecule has 1 aliphatic heterocycles. The van der Waals surface area contributed by atoms with Gasteiger partial charge in [-0.3, -0.25) is 4.79 Å². The first kappa shape index (κ1) is 17.8. The zero-order chi connectivity index (χ0) is 18.4. The minimum Gasteiger partial charge on any atom is -0.339 e. The summed E-state index contributed by atoms with van der Waals surface area (Å²) in [4.78, 5) is 30.1. The molecule has 150 valence electrons. The number of rotatable bonds is 2. The number of carbonyl (C=O) groups excluding carboxylic acids is 2. The number of hydrogen-bond acceptors (Lipinski definition) is 2. The van der Waals surface area contributed by atoms with E-state index in [2.05, 4.69) is 10.2 Å². The molecule has 4 bridgehead atoms. The van der Waals surface area contributed by atoms with Gasteiger partial charge in [-0.15, -0.1) is 0 Å². The van der Waals surface area contributed by atoms with E-state index in [0.29, 0.717) is 25.0 Å². The highest BCUT2D eigenvalue weighted by atomic mass is 16.2. The van der Waals surface area contributed by atoms with Gasteiger partial charge in [-0.1, -0.05) is 19.3 Å². The summed E-state index contributed by atoms with van der Waals surface area (Å²) in [7, 11) is 0. The van der Waals surface area contributed by atoms with E-state index in [1.165, 1.54) is 38.5 Å². The standard InChI is InChI=1S/C22H35N3O2/c26-20(22-13-16-10-17(14-22)12-18(11-16)15-22)24-6-8-25(9-7-24)21(27)23-19-4-2-1-3-5-19/h16-19H,1-15H2,(H,23,27). The van der Waals surface area contributed by atoms with E-state index >= 15 is 0 Å². The smallest absolute Gasteiger partial charge is 0.317 e. The molecule has 0 spiro atoms. The van der Waals surface area contributed by atoms with E-state index in [4.69, 9.17) is 0 Å². The summed E-state index contributed by atoms with van der Waals surface area (Å²) in [5, 5.41) is 3.22. The second kappa shape index (κ2) is 6.97. The zero-order valence-electron chi connectivity index (χ0n) is 16.6. The first-order valence-electron chi connectivity index (χ1n) is 11.5. The van der Waals surface area contributed by atoms with Crippen LogP contribution in [0.25, 0.3) is 0 Å². The molecule has 6 rings (SSSR count). The van der Waals surface area contributed by atoms with Crippen LogP contribution in [-0.4, -0.2) is 54.0 Å². The maximum absolute atomic E-state index is 13.5. The SMILES string of the molecule is O=C(NC1CCCCC1)N1CCN(C(=O)C23CC4CC(CC(C4)C2)C3)CC1. The van der Waals surface area contributed by atoms with E-state index in [-0.39, 0.29) is 11.4 Å². The Hall–Kier alpha value is -1.26. The highest BCUT2D eigenvalue weighted by Crippen LogP contribution is 2.60. The van der Waals surface area contributed by atoms with Gasteiger partial charge in [-0.2, -0.15) is 0 Å². The molecule has 5 nitrogen and oxygen atoms in total. The van der Waals surface area contributed by atoms with Crippen molar-refractivity contribution in [3.63, 3.8) is 0 Å². The van der Waals surface area contributed by atoms with Crippen LogP contribution in [0.5, 0.6) is 0 Å². The lowest BCUT2D eigenvalue weighted by atomic mass is 9.49. The molecule has 5 aliphatic carbocycles. The third kappa shape index (κ3) is 3.36. The number of nitrogens with zero attached hydrogens (tertiary/aromatic N) is 2. The van der Waals surface area contributed by atoms with Crippen molar-refractivity contribution in [3.8, 4) is 0 Å². The predicted molar refractivity (Wildman–Crippen MR) is 104 cm³/mol. The first-order chi connectivity index (χ1) is 13.1. The fourth-order valence-corrected chi connectivity index (χ4v) is 7.33. The van der Waals surface area contributed by atoms with E-state index in [9.17, 15) is 9.59 Å². The summed E-state index contributed by atoms with van der Waals surface area (Å²) in [6.07, 6.45) is 13.6. The van der Waals surface area contributed by atoms with Crippen molar-refractivity contribution in [1.29, 1.82) is 0 Å². The highest BCUT2D eigenvalue weighted by molar-refractivity contribution is 5.84. The van der Waals surface area contributed by atoms with Gasteiger partial charge >= 0.3 is 6.03 Å². The van der Waals surface area contributed by atoms with Crippen LogP contribution in [0.15, 0.2) is 0 Å². The number of piperazine rings is 1. The summed E-state index contributed by atoms with van der Waals surface area (Å²) in [6.45, 7) is 2.82. The number of urea groups is 1. The monoisotopic (exact) mass is 373 g/mol. The van der Waals surface area contributed by atoms with Crippen LogP contribution in [0.2, 0.25) is 0 Å². The van der Waals surface area contributed by atoms with Crippen LogP contribution in [-0.2, 0) is 4.79 Å². The number of amides is 3. The molecular weight excluding hydrogens is 338 g/mol. The van der Waals surface area contributed by atoms with Gasteiger partial charge < -0.3 is 15.1 Å². The van der Waals surface area contributed by atoms with E-state index < -0.39 is 0 Å². The topological polar surface area (TPSA) is 52.7 Å². The lowest BCUT2D eigenvalue weighted by Crippen LogP contribution is -2.59. The summed E-state index contributed by atoms with van der Waals surface area (Å²) in [5.41, 5.74) is -0.0404. The Morgan fingerprint density at radius 1 is 0.741 bits per heavy atom. The molecular formula is C22H35N3O2. The Kier molecular flexibility index (Phi) is 4.60. The van der Waals surface area contributed by atoms with Gasteiger partial charge in [-0.05, 0) is 69.1 Å². The molecule has 5 heteroatoms. The third-order valence-electron chi connectivity index (χ3n) is 8.28. The molecule has 1 heterocycles. The van der Waals surface area contributed by atoms with Gasteiger partial charge in [0.25, 0.3) is 0 Å². The number of carbonyl (C=O) groups is 2. The van der Waals surface area contributed by atoms with Gasteiger partial charge in [0.15, 0.2) is 0 Å². The molecule has 0 radical (unpaired) electrons. The largest absolute Gasteiger partial charge is 0.339 e. The van der Waals surface area contributed by atoms with Crippen LogP contribution >= 0.6 is 0 Å². The van der Waals surface area contributed by atoms with E-state index in [1.807, 2.05) is 4.90 Å². The highest BCUT2D eigenvalue weighted by Gasteiger charge is 2.55. The first-order valence-corrected chi connectivity index (χ1v) is 11.5. The van der Waals surface area contributed by atoms with Gasteiger partial charge in [0.1, 0.15) is 0 Å². The van der Waals surface area contributed by atoms with Gasteiger partial charge in [-0.25, -0.2) is 4.79 Å². The van der Waals surface area contributed by atoms with E-state index in [1.54, 1.807) is 0 Å². The van der Waals surface area contributed by atoms with Crippen molar-refractivity contribution in [2.75, 3.05) is 26.2 Å². The van der Waals surface area contributed by atoms with Crippen LogP contribution in [0.4, 0.5) is 4.79 Å². The Morgan fingerprint density at radius 3 is 1.81 bits per heavy atom. The molecule has 6 fully saturated rings. The van der Waals surface area contributed by atoms with Crippen LogP contribution in [0.3, 0.4) is 0 Å². The molecule has 0 unspecified atom stereocenters. The Morgan fingerprint density at radius 2 is 1.26 bits per heavy atom. The minimum absolute atomic E-state index is 0.0404. The lowest BCUT2D eigenvalue weighted by Gasteiger charge is -2.57. The van der Waals surface area contributed by atoms with Crippen molar-refractivity contribution in [2.24, 2.45) is 23.2 Å². The minimum atomic E-state index is -0.0404. The van der Waals surface area contributed by atoms with Crippen molar-refractivity contribution >= 4 is 11.9 Å². The van der Waals surface area contributed by atoms with Crippen molar-refractivity contribution in [3.05, 3.63) is 0 Å². The number of nitrogens with one attached hydrogen (secondary N) is 1. The molecule has 0 aromatic heterocycles. The van der Waals surface area contributed by atoms with Gasteiger partial charge in [0.05, 0.1) is 5.41 Å². The number of hydrogen-bond donors (Lipinski definition) is 1. The second-order valence-electron chi connectivity index (χ2n) is 10.3. The molecule has 27 heavy (non-hydrogen) atoms. The molecule has 1 saturated heterocycles. The summed E-state index contributed by atoms with van der Waals surface area (Å²) in [6, 6.07) is 0.446. The van der Waals surface area contributed by atoms with E-state index in [0.717, 1.165) is 62.9 Å². The zero-order valence-corrected chi connectivity index (χ0v) is 16.6. The molecule has 0 aromatic carbocycles. The molecule has 5 saturated carbocycles. The predicted octanol–water partition coefficient (Wildman–Crippen LogP) is 3.39. The average Bonchev–Trinajstić information content (AvgIpc) is 2.67. The molecule has 3 amide bonds. The third-order valence-corrected chi connectivity index (χ3v) is 8.28. The Balaban J connectivity index is 1.16. The lowest BCUT2D eigenvalue weighted by molar-refractivity contribution is -0.159. The van der Waals surface area contributed by atoms with Crippen LogP contribution in [0.1, 0.15) is 70.6 Å². The summed E-state index contributed by atoms with van der Waals surface area (Å²) in [5.74, 6) is 2.85. The van der Waals surface area contributed by atoms with Gasteiger partial charge in [0.2, 0.25) is 5.91 Å². The normalized spacial score (nSPS) is 38.9. The second-order valence-corrected chi connectivity index (χ2v) is 10.3. The van der Waals surface area contributed by atoms with Crippen molar-refractivity contribution < 1.29 is 9.59 Å². The van der Waals surface area contributed by atoms with Gasteiger partial charge in [0, 0.05) is 32.2 Å². The maximum atomic E-state index is 13.5. The summed E-state index contributed by atoms with van der Waals surface area (Å²) >= 11 is 0. The fraction of sp³-hybridized carbons (Fsp3) is 0.909. The van der Waals surface area contributed by atoms with Crippen LogP contribution < -0.4 is 5.32 Å². The molecule has 1 N–H and O–H groups in total. The molecule has 6 aliphatic rings. The molecule has 0 aromatic rings. The maximum Gasteiger partial charge on any atom is 0.317 e. The summed E-state index contributed by atoms with van der Waals surface area (Å²) < 4.78 is 0. The van der Waals surface area contributed by atoms with Crippen molar-refractivity contribution in [1.82, 2.24) is 15.1 Å². The Labute approximate surface area is 163 Å². The van der Waals surface area contributed by atoms with Crippen LogP contribution in [0, 0.1) is 23.2 Å². The quantitative estimate of drug-likeness (QED) is 0.807. The van der Waals surface area contributed by atoms with Crippen molar-refractivity contribution in [2.45, 2.75) is 76.7 Å². The average molecular weight is 374 g/mol. The fourth-order valence-electron chi connectivity index (χ4n) is 7.33. The Bertz CT molecular complexity index is 555.